The van der Waals surface area contributed by atoms with Crippen LogP contribution >= 0.6 is 0 Å². The van der Waals surface area contributed by atoms with Crippen LogP contribution in [0.3, 0.4) is 0 Å². The summed E-state index contributed by atoms with van der Waals surface area (Å²) in [6, 6.07) is 6.27. The van der Waals surface area contributed by atoms with Gasteiger partial charge in [-0.3, -0.25) is 15.0 Å². The van der Waals surface area contributed by atoms with E-state index in [9.17, 15) is 10.1 Å². The second-order valence-corrected chi connectivity index (χ2v) is 7.54. The second kappa shape index (κ2) is 7.28. The maximum atomic E-state index is 11.3. The Balaban J connectivity index is 1.24. The molecule has 10 nitrogen and oxygen atoms in total. The molecular formula is C19H22N8O2. The van der Waals surface area contributed by atoms with Gasteiger partial charge in [0.2, 0.25) is 11.8 Å². The van der Waals surface area contributed by atoms with E-state index in [2.05, 4.69) is 36.3 Å². The molecule has 2 fully saturated rings. The Hall–Kier alpha value is -3.27. The number of nitro groups is 1. The van der Waals surface area contributed by atoms with Gasteiger partial charge in [0.25, 0.3) is 0 Å². The number of aromatic nitrogens is 4. The largest absolute Gasteiger partial charge is 0.361 e. The number of pyridine rings is 1. The normalized spacial score (nSPS) is 17.6. The Morgan fingerprint density at radius 2 is 2.00 bits per heavy atom. The van der Waals surface area contributed by atoms with Crippen LogP contribution in [0.15, 0.2) is 36.8 Å². The third-order valence-electron chi connectivity index (χ3n) is 5.33. The average molecular weight is 394 g/mol. The summed E-state index contributed by atoms with van der Waals surface area (Å²) in [5.41, 5.74) is 1.94. The third kappa shape index (κ3) is 3.83. The van der Waals surface area contributed by atoms with Crippen LogP contribution in [-0.2, 0) is 6.54 Å². The van der Waals surface area contributed by atoms with Gasteiger partial charge in [-0.25, -0.2) is 9.97 Å². The van der Waals surface area contributed by atoms with Crippen LogP contribution in [0.5, 0.6) is 0 Å². The molecule has 1 aliphatic carbocycles. The van der Waals surface area contributed by atoms with Crippen molar-refractivity contribution in [3.05, 3.63) is 52.6 Å². The van der Waals surface area contributed by atoms with Crippen molar-refractivity contribution in [2.24, 2.45) is 0 Å². The maximum absolute atomic E-state index is 11.3. The highest BCUT2D eigenvalue weighted by molar-refractivity contribution is 5.58. The van der Waals surface area contributed by atoms with E-state index in [0.717, 1.165) is 56.9 Å². The fourth-order valence-electron chi connectivity index (χ4n) is 3.58. The van der Waals surface area contributed by atoms with Crippen LogP contribution in [0, 0.1) is 10.1 Å². The monoisotopic (exact) mass is 394 g/mol. The third-order valence-corrected chi connectivity index (χ3v) is 5.33. The SMILES string of the molecule is O=[N+]([O-])c1cnc(N2CCN(Cc3cn4ccccc4n3)CC2)nc1NC1CC1. The number of nitrogens with zero attached hydrogens (tertiary/aromatic N) is 7. The number of anilines is 2. The van der Waals surface area contributed by atoms with Crippen molar-refractivity contribution in [3.63, 3.8) is 0 Å². The summed E-state index contributed by atoms with van der Waals surface area (Å²) in [6.07, 6.45) is 7.44. The van der Waals surface area contributed by atoms with E-state index in [4.69, 9.17) is 0 Å². The minimum atomic E-state index is -0.429. The van der Waals surface area contributed by atoms with E-state index in [1.165, 1.54) is 6.20 Å². The molecule has 0 bridgehead atoms. The van der Waals surface area contributed by atoms with Gasteiger partial charge in [-0.1, -0.05) is 6.07 Å². The molecule has 1 N–H and O–H groups in total. The van der Waals surface area contributed by atoms with E-state index in [0.29, 0.717) is 17.8 Å². The Kier molecular flexibility index (Phi) is 4.47. The summed E-state index contributed by atoms with van der Waals surface area (Å²) in [5, 5.41) is 14.4. The Morgan fingerprint density at radius 3 is 2.72 bits per heavy atom. The molecule has 0 aromatic carbocycles. The van der Waals surface area contributed by atoms with E-state index in [1.54, 1.807) is 0 Å². The fraction of sp³-hybridized carbons (Fsp3) is 0.421. The van der Waals surface area contributed by atoms with E-state index in [-0.39, 0.29) is 5.69 Å². The molecule has 150 valence electrons. The number of imidazole rings is 1. The van der Waals surface area contributed by atoms with Gasteiger partial charge in [-0.05, 0) is 25.0 Å². The number of fused-ring (bicyclic) bond motifs is 1. The molecule has 3 aromatic heterocycles. The summed E-state index contributed by atoms with van der Waals surface area (Å²) in [4.78, 5) is 28.6. The molecule has 0 radical (unpaired) electrons. The van der Waals surface area contributed by atoms with Gasteiger partial charge in [0.15, 0.2) is 0 Å². The molecular weight excluding hydrogens is 372 g/mol. The molecule has 5 rings (SSSR count). The zero-order chi connectivity index (χ0) is 19.8. The lowest BCUT2D eigenvalue weighted by Crippen LogP contribution is -2.46. The molecule has 2 aliphatic rings. The summed E-state index contributed by atoms with van der Waals surface area (Å²) in [5.74, 6) is 0.876. The molecule has 10 heteroatoms. The summed E-state index contributed by atoms with van der Waals surface area (Å²) >= 11 is 0. The predicted molar refractivity (Wildman–Crippen MR) is 108 cm³/mol. The number of hydrogen-bond acceptors (Lipinski definition) is 8. The fourth-order valence-corrected chi connectivity index (χ4v) is 3.58. The van der Waals surface area contributed by atoms with Crippen LogP contribution in [0.1, 0.15) is 18.5 Å². The van der Waals surface area contributed by atoms with Gasteiger partial charge in [0.1, 0.15) is 11.8 Å². The summed E-state index contributed by atoms with van der Waals surface area (Å²) < 4.78 is 2.03. The number of hydrogen-bond donors (Lipinski definition) is 1. The Morgan fingerprint density at radius 1 is 1.17 bits per heavy atom. The van der Waals surface area contributed by atoms with Gasteiger partial charge in [-0.15, -0.1) is 0 Å². The highest BCUT2D eigenvalue weighted by Crippen LogP contribution is 2.30. The van der Waals surface area contributed by atoms with Gasteiger partial charge < -0.3 is 14.6 Å². The van der Waals surface area contributed by atoms with Crippen LogP contribution in [0.25, 0.3) is 5.65 Å². The lowest BCUT2D eigenvalue weighted by atomic mass is 10.3. The molecule has 4 heterocycles. The van der Waals surface area contributed by atoms with Crippen molar-refractivity contribution in [1.29, 1.82) is 0 Å². The lowest BCUT2D eigenvalue weighted by Gasteiger charge is -2.34. The van der Waals surface area contributed by atoms with E-state index in [1.807, 2.05) is 28.8 Å². The zero-order valence-electron chi connectivity index (χ0n) is 15.9. The molecule has 0 spiro atoms. The van der Waals surface area contributed by atoms with Gasteiger partial charge in [0, 0.05) is 51.2 Å². The standard InChI is InChI=1S/C19H22N8O2/c28-27(29)16-11-20-19(23-18(16)22-14-4-5-14)25-9-7-24(8-10-25)12-15-13-26-6-2-1-3-17(26)21-15/h1-3,6,11,13-14H,4-5,7-10,12H2,(H,20,22,23). The smallest absolute Gasteiger partial charge is 0.329 e. The molecule has 0 amide bonds. The molecule has 0 atom stereocenters. The minimum absolute atomic E-state index is 0.0638. The molecule has 0 unspecified atom stereocenters. The van der Waals surface area contributed by atoms with Crippen LogP contribution in [0.4, 0.5) is 17.5 Å². The average Bonchev–Trinajstić information content (AvgIpc) is 3.44. The highest BCUT2D eigenvalue weighted by Gasteiger charge is 2.28. The van der Waals surface area contributed by atoms with Crippen molar-refractivity contribution in [1.82, 2.24) is 24.3 Å². The predicted octanol–water partition coefficient (Wildman–Crippen LogP) is 1.93. The lowest BCUT2D eigenvalue weighted by molar-refractivity contribution is -0.384. The van der Waals surface area contributed by atoms with Crippen molar-refractivity contribution in [3.8, 4) is 0 Å². The Labute approximate surface area is 167 Å². The van der Waals surface area contributed by atoms with E-state index < -0.39 is 4.92 Å². The van der Waals surface area contributed by atoms with Gasteiger partial charge in [-0.2, -0.15) is 4.98 Å². The van der Waals surface area contributed by atoms with Gasteiger partial charge >= 0.3 is 5.69 Å². The zero-order valence-corrected chi connectivity index (χ0v) is 15.9. The first-order valence-corrected chi connectivity index (χ1v) is 9.83. The highest BCUT2D eigenvalue weighted by atomic mass is 16.6. The van der Waals surface area contributed by atoms with E-state index >= 15 is 0 Å². The topological polar surface area (TPSA) is 105 Å². The molecule has 1 saturated heterocycles. The first kappa shape index (κ1) is 17.8. The van der Waals surface area contributed by atoms with Crippen LogP contribution in [-0.4, -0.2) is 61.4 Å². The second-order valence-electron chi connectivity index (χ2n) is 7.54. The van der Waals surface area contributed by atoms with Crippen LogP contribution < -0.4 is 10.2 Å². The molecule has 3 aromatic rings. The Bertz CT molecular complexity index is 1010. The number of rotatable bonds is 6. The van der Waals surface area contributed by atoms with Crippen molar-refractivity contribution in [2.75, 3.05) is 36.4 Å². The molecule has 29 heavy (non-hydrogen) atoms. The maximum Gasteiger partial charge on any atom is 0.329 e. The molecule has 1 aliphatic heterocycles. The summed E-state index contributed by atoms with van der Waals surface area (Å²) in [6.45, 7) is 4.06. The van der Waals surface area contributed by atoms with Crippen molar-refractivity contribution >= 4 is 23.1 Å². The van der Waals surface area contributed by atoms with Crippen LogP contribution in [0.2, 0.25) is 0 Å². The summed E-state index contributed by atoms with van der Waals surface area (Å²) in [7, 11) is 0. The number of nitrogens with one attached hydrogen (secondary N) is 1. The van der Waals surface area contributed by atoms with Crippen molar-refractivity contribution in [2.45, 2.75) is 25.4 Å². The number of piperazine rings is 1. The first-order valence-electron chi connectivity index (χ1n) is 9.83. The van der Waals surface area contributed by atoms with Gasteiger partial charge in [0.05, 0.1) is 10.6 Å². The van der Waals surface area contributed by atoms with Crippen molar-refractivity contribution < 1.29 is 4.92 Å². The molecule has 1 saturated carbocycles. The minimum Gasteiger partial charge on any atom is -0.361 e. The quantitative estimate of drug-likeness (QED) is 0.499. The first-order chi connectivity index (χ1) is 14.2.